The summed E-state index contributed by atoms with van der Waals surface area (Å²) in [5, 5.41) is 14.1. The molecule has 0 saturated heterocycles. The summed E-state index contributed by atoms with van der Waals surface area (Å²) in [6, 6.07) is 9.81. The fourth-order valence-electron chi connectivity index (χ4n) is 3.00. The normalized spacial score (nSPS) is 16.8. The summed E-state index contributed by atoms with van der Waals surface area (Å²) in [6.45, 7) is 0.676. The number of amides is 1. The molecular formula is C18H17N3O2S. The number of nitrogens with one attached hydrogen (secondary N) is 2. The summed E-state index contributed by atoms with van der Waals surface area (Å²) >= 11 is 1.59. The number of benzene rings is 1. The van der Waals surface area contributed by atoms with Crippen LogP contribution in [0.5, 0.6) is 5.75 Å². The van der Waals surface area contributed by atoms with Crippen LogP contribution in [-0.4, -0.2) is 22.7 Å². The Kier molecular flexibility index (Phi) is 4.04. The Bertz CT molecular complexity index is 842. The number of carbonyl (C=O) groups excluding carboxylic acids is 1. The summed E-state index contributed by atoms with van der Waals surface area (Å²) in [6.07, 6.45) is 3.35. The van der Waals surface area contributed by atoms with Gasteiger partial charge in [0.25, 0.3) is 5.91 Å². The number of rotatable bonds is 3. The van der Waals surface area contributed by atoms with E-state index in [4.69, 9.17) is 4.74 Å². The van der Waals surface area contributed by atoms with Crippen LogP contribution in [0.15, 0.2) is 47.3 Å². The largest absolute Gasteiger partial charge is 0.493 e. The first-order chi connectivity index (χ1) is 11.8. The van der Waals surface area contributed by atoms with Gasteiger partial charge in [0.1, 0.15) is 5.75 Å². The van der Waals surface area contributed by atoms with Crippen LogP contribution in [0.25, 0.3) is 11.3 Å². The molecule has 1 aromatic carbocycles. The van der Waals surface area contributed by atoms with Crippen LogP contribution in [0, 0.1) is 0 Å². The van der Waals surface area contributed by atoms with Crippen molar-refractivity contribution in [1.82, 2.24) is 15.5 Å². The molecule has 1 aliphatic heterocycles. The van der Waals surface area contributed by atoms with Crippen molar-refractivity contribution in [3.63, 3.8) is 0 Å². The molecule has 0 fully saturated rings. The molecule has 5 nitrogen and oxygen atoms in total. The topological polar surface area (TPSA) is 67.0 Å². The Morgan fingerprint density at radius 2 is 2.25 bits per heavy atom. The lowest BCUT2D eigenvalue weighted by Crippen LogP contribution is -2.28. The van der Waals surface area contributed by atoms with Gasteiger partial charge in [-0.15, -0.1) is 0 Å². The maximum Gasteiger partial charge on any atom is 0.255 e. The highest BCUT2D eigenvalue weighted by atomic mass is 32.1. The van der Waals surface area contributed by atoms with Crippen LogP contribution in [0.1, 0.15) is 34.8 Å². The SMILES string of the molecule is O=C(NC1CCCOc2ccccc21)c1cn[nH]c1-c1ccsc1. The molecule has 1 unspecified atom stereocenters. The first kappa shape index (κ1) is 15.0. The molecule has 0 spiro atoms. The van der Waals surface area contributed by atoms with Crippen molar-refractivity contribution >= 4 is 17.2 Å². The van der Waals surface area contributed by atoms with Crippen LogP contribution in [0.2, 0.25) is 0 Å². The van der Waals surface area contributed by atoms with E-state index in [1.807, 2.05) is 41.1 Å². The van der Waals surface area contributed by atoms with Gasteiger partial charge in [-0.2, -0.15) is 16.4 Å². The molecule has 122 valence electrons. The zero-order valence-corrected chi connectivity index (χ0v) is 13.8. The van der Waals surface area contributed by atoms with Crippen LogP contribution >= 0.6 is 11.3 Å². The van der Waals surface area contributed by atoms with Crippen molar-refractivity contribution in [2.24, 2.45) is 0 Å². The van der Waals surface area contributed by atoms with Crippen LogP contribution in [0.4, 0.5) is 0 Å². The van der Waals surface area contributed by atoms with E-state index in [0.717, 1.165) is 35.4 Å². The third-order valence-electron chi connectivity index (χ3n) is 4.19. The van der Waals surface area contributed by atoms with Gasteiger partial charge in [-0.05, 0) is 30.4 Å². The van der Waals surface area contributed by atoms with Crippen molar-refractivity contribution in [2.75, 3.05) is 6.61 Å². The summed E-state index contributed by atoms with van der Waals surface area (Å²) < 4.78 is 5.77. The highest BCUT2D eigenvalue weighted by Crippen LogP contribution is 2.32. The lowest BCUT2D eigenvalue weighted by atomic mass is 10.0. The highest BCUT2D eigenvalue weighted by molar-refractivity contribution is 7.08. The second-order valence-electron chi connectivity index (χ2n) is 5.73. The van der Waals surface area contributed by atoms with E-state index in [1.54, 1.807) is 17.5 Å². The molecule has 24 heavy (non-hydrogen) atoms. The average molecular weight is 339 g/mol. The number of thiophene rings is 1. The molecule has 2 N–H and O–H groups in total. The van der Waals surface area contributed by atoms with Crippen molar-refractivity contribution in [2.45, 2.75) is 18.9 Å². The number of hydrogen-bond donors (Lipinski definition) is 2. The second-order valence-corrected chi connectivity index (χ2v) is 6.51. The molecule has 1 atom stereocenters. The van der Waals surface area contributed by atoms with E-state index in [-0.39, 0.29) is 11.9 Å². The molecule has 3 heterocycles. The standard InChI is InChI=1S/C18H17N3O2S/c22-18(14-10-19-21-17(14)12-7-9-24-11-12)20-15-5-3-8-23-16-6-2-1-4-13(15)16/h1-2,4,6-7,9-11,15H,3,5,8H2,(H,19,21)(H,20,22). The number of ether oxygens (including phenoxy) is 1. The molecule has 0 radical (unpaired) electrons. The molecule has 0 aliphatic carbocycles. The van der Waals surface area contributed by atoms with Crippen molar-refractivity contribution in [3.8, 4) is 17.0 Å². The summed E-state index contributed by atoms with van der Waals surface area (Å²) in [5.74, 6) is 0.734. The number of carbonyl (C=O) groups is 1. The van der Waals surface area contributed by atoms with Gasteiger partial charge in [-0.1, -0.05) is 18.2 Å². The van der Waals surface area contributed by atoms with E-state index in [1.165, 1.54) is 0 Å². The van der Waals surface area contributed by atoms with Gasteiger partial charge in [0, 0.05) is 16.5 Å². The third-order valence-corrected chi connectivity index (χ3v) is 4.87. The second kappa shape index (κ2) is 6.49. The minimum absolute atomic E-state index is 0.0542. The van der Waals surface area contributed by atoms with Crippen molar-refractivity contribution in [1.29, 1.82) is 0 Å². The zero-order chi connectivity index (χ0) is 16.4. The van der Waals surface area contributed by atoms with E-state index in [0.29, 0.717) is 12.2 Å². The molecular weight excluding hydrogens is 322 g/mol. The minimum atomic E-state index is -0.119. The molecule has 0 saturated carbocycles. The molecule has 1 amide bonds. The lowest BCUT2D eigenvalue weighted by Gasteiger charge is -2.18. The Hall–Kier alpha value is -2.60. The number of aromatic amines is 1. The monoisotopic (exact) mass is 339 g/mol. The molecule has 1 aliphatic rings. The molecule has 2 aromatic heterocycles. The quantitative estimate of drug-likeness (QED) is 0.763. The maximum atomic E-state index is 12.8. The first-order valence-electron chi connectivity index (χ1n) is 7.91. The number of aromatic nitrogens is 2. The van der Waals surface area contributed by atoms with Gasteiger partial charge in [0.05, 0.1) is 30.1 Å². The average Bonchev–Trinajstić information content (AvgIpc) is 3.25. The predicted molar refractivity (Wildman–Crippen MR) is 93.3 cm³/mol. The van der Waals surface area contributed by atoms with Gasteiger partial charge in [-0.25, -0.2) is 0 Å². The number of para-hydroxylation sites is 1. The van der Waals surface area contributed by atoms with Crippen LogP contribution < -0.4 is 10.1 Å². The maximum absolute atomic E-state index is 12.8. The highest BCUT2D eigenvalue weighted by Gasteiger charge is 2.23. The van der Waals surface area contributed by atoms with Gasteiger partial charge in [-0.3, -0.25) is 9.89 Å². The van der Waals surface area contributed by atoms with Gasteiger partial charge < -0.3 is 10.1 Å². The Morgan fingerprint density at radius 1 is 1.33 bits per heavy atom. The molecule has 4 rings (SSSR count). The molecule has 0 bridgehead atoms. The fourth-order valence-corrected chi connectivity index (χ4v) is 3.64. The van der Waals surface area contributed by atoms with Crippen LogP contribution in [-0.2, 0) is 0 Å². The van der Waals surface area contributed by atoms with E-state index in [2.05, 4.69) is 15.5 Å². The fraction of sp³-hybridized carbons (Fsp3) is 0.222. The lowest BCUT2D eigenvalue weighted by molar-refractivity contribution is 0.0935. The van der Waals surface area contributed by atoms with Crippen LogP contribution in [0.3, 0.4) is 0 Å². The third kappa shape index (κ3) is 2.80. The zero-order valence-electron chi connectivity index (χ0n) is 13.0. The first-order valence-corrected chi connectivity index (χ1v) is 8.86. The molecule has 6 heteroatoms. The number of H-pyrrole nitrogens is 1. The van der Waals surface area contributed by atoms with Crippen molar-refractivity contribution < 1.29 is 9.53 Å². The summed E-state index contributed by atoms with van der Waals surface area (Å²) in [4.78, 5) is 12.8. The Balaban J connectivity index is 1.60. The Labute approximate surface area is 143 Å². The van der Waals surface area contributed by atoms with E-state index in [9.17, 15) is 4.79 Å². The van der Waals surface area contributed by atoms with Gasteiger partial charge >= 0.3 is 0 Å². The number of nitrogens with zero attached hydrogens (tertiary/aromatic N) is 1. The van der Waals surface area contributed by atoms with Gasteiger partial charge in [0.15, 0.2) is 0 Å². The van der Waals surface area contributed by atoms with E-state index < -0.39 is 0 Å². The number of fused-ring (bicyclic) bond motifs is 1. The molecule has 3 aromatic rings. The number of hydrogen-bond acceptors (Lipinski definition) is 4. The minimum Gasteiger partial charge on any atom is -0.493 e. The summed E-state index contributed by atoms with van der Waals surface area (Å²) in [7, 11) is 0. The van der Waals surface area contributed by atoms with E-state index >= 15 is 0 Å². The van der Waals surface area contributed by atoms with Gasteiger partial charge in [0.2, 0.25) is 0 Å². The van der Waals surface area contributed by atoms with Crippen molar-refractivity contribution in [3.05, 3.63) is 58.4 Å². The summed E-state index contributed by atoms with van der Waals surface area (Å²) in [5.41, 5.74) is 3.33. The Morgan fingerprint density at radius 3 is 3.12 bits per heavy atom. The predicted octanol–water partition coefficient (Wildman–Crippen LogP) is 3.78. The smallest absolute Gasteiger partial charge is 0.255 e.